The van der Waals surface area contributed by atoms with Gasteiger partial charge < -0.3 is 4.90 Å². The van der Waals surface area contributed by atoms with Crippen LogP contribution in [0.2, 0.25) is 0 Å². The molecule has 1 aliphatic heterocycles. The van der Waals surface area contributed by atoms with E-state index in [0.29, 0.717) is 18.8 Å². The molecule has 1 spiro atoms. The Labute approximate surface area is 189 Å². The van der Waals surface area contributed by atoms with Crippen molar-refractivity contribution in [2.75, 3.05) is 4.90 Å². The highest BCUT2D eigenvalue weighted by atomic mass is 32.2. The Morgan fingerprint density at radius 2 is 1.73 bits per heavy atom. The van der Waals surface area contributed by atoms with Crippen LogP contribution in [0.4, 0.5) is 23.7 Å². The number of imide groups is 1. The Hall–Kier alpha value is -2.95. The number of aromatic nitrogens is 1. The van der Waals surface area contributed by atoms with Crippen LogP contribution in [-0.4, -0.2) is 41.3 Å². The first-order valence-corrected chi connectivity index (χ1v) is 11.9. The van der Waals surface area contributed by atoms with Gasteiger partial charge in [0.15, 0.2) is 0 Å². The van der Waals surface area contributed by atoms with Gasteiger partial charge in [-0.1, -0.05) is 13.8 Å². The first-order valence-electron chi connectivity index (χ1n) is 10.4. The van der Waals surface area contributed by atoms with E-state index in [-0.39, 0.29) is 12.2 Å². The lowest BCUT2D eigenvalue weighted by molar-refractivity contribution is -0.120. The Bertz CT molecular complexity index is 1210. The van der Waals surface area contributed by atoms with Gasteiger partial charge in [-0.3, -0.25) is 9.78 Å². The molecule has 1 aromatic carbocycles. The van der Waals surface area contributed by atoms with Crippen LogP contribution in [0, 0.1) is 5.92 Å². The zero-order valence-corrected chi connectivity index (χ0v) is 18.8. The summed E-state index contributed by atoms with van der Waals surface area (Å²) in [6, 6.07) is 6.67. The van der Waals surface area contributed by atoms with Crippen molar-refractivity contribution in [1.82, 2.24) is 9.88 Å². The summed E-state index contributed by atoms with van der Waals surface area (Å²) < 4.78 is 61.6. The number of halogens is 3. The highest BCUT2D eigenvalue weighted by Crippen LogP contribution is 2.49. The third kappa shape index (κ3) is 3.98. The number of urea groups is 1. The van der Waals surface area contributed by atoms with E-state index in [1.807, 2.05) is 6.07 Å². The average Bonchev–Trinajstić information content (AvgIpc) is 3.50. The molecule has 0 bridgehead atoms. The molecule has 2 fully saturated rings. The molecule has 0 unspecified atom stereocenters. The van der Waals surface area contributed by atoms with Gasteiger partial charge in [-0.25, -0.2) is 18.1 Å². The number of sulfone groups is 1. The number of hydrogen-bond donors (Lipinski definition) is 0. The molecule has 176 valence electrons. The SMILES string of the molecule is CC(C)Cc1cc(CN2C(=O)N(c3ccc(S(=O)(=O)C(F)(F)F)cc3)C(=O)C23CC3)ccn1. The van der Waals surface area contributed by atoms with E-state index in [1.54, 1.807) is 12.3 Å². The van der Waals surface area contributed by atoms with Crippen molar-refractivity contribution in [3.8, 4) is 0 Å². The normalized spacial score (nSPS) is 18.0. The van der Waals surface area contributed by atoms with Gasteiger partial charge in [0.2, 0.25) is 0 Å². The predicted molar refractivity (Wildman–Crippen MR) is 113 cm³/mol. The minimum Gasteiger partial charge on any atom is -0.305 e. The van der Waals surface area contributed by atoms with E-state index < -0.39 is 37.7 Å². The van der Waals surface area contributed by atoms with E-state index in [0.717, 1.165) is 46.8 Å². The third-order valence-electron chi connectivity index (χ3n) is 5.81. The standard InChI is InChI=1S/C22H22F3N3O4S/c1-14(2)11-16-12-15(7-10-26-16)13-27-20(30)28(19(29)21(27)8-9-21)17-3-5-18(6-4-17)33(31,32)22(23,24)25/h3-7,10,12,14H,8-9,11,13H2,1-2H3. The van der Waals surface area contributed by atoms with Crippen LogP contribution >= 0.6 is 0 Å². The topological polar surface area (TPSA) is 87.7 Å². The Morgan fingerprint density at radius 1 is 1.09 bits per heavy atom. The van der Waals surface area contributed by atoms with E-state index in [2.05, 4.69) is 18.8 Å². The number of alkyl halides is 3. The lowest BCUT2D eigenvalue weighted by Gasteiger charge is -2.21. The molecule has 4 rings (SSSR count). The molecule has 2 aromatic rings. The maximum atomic E-state index is 13.2. The van der Waals surface area contributed by atoms with Crippen molar-refractivity contribution in [2.24, 2.45) is 5.92 Å². The van der Waals surface area contributed by atoms with Gasteiger partial charge in [0.05, 0.1) is 10.6 Å². The summed E-state index contributed by atoms with van der Waals surface area (Å²) in [4.78, 5) is 32.1. The fourth-order valence-corrected chi connectivity index (χ4v) is 4.77. The molecule has 7 nitrogen and oxygen atoms in total. The van der Waals surface area contributed by atoms with Crippen molar-refractivity contribution in [1.29, 1.82) is 0 Å². The van der Waals surface area contributed by atoms with Crippen LogP contribution < -0.4 is 4.90 Å². The number of rotatable bonds is 6. The fraction of sp³-hybridized carbons (Fsp3) is 0.409. The number of anilines is 1. The zero-order valence-electron chi connectivity index (χ0n) is 18.0. The molecule has 0 atom stereocenters. The highest BCUT2D eigenvalue weighted by molar-refractivity contribution is 7.92. The lowest BCUT2D eigenvalue weighted by Crippen LogP contribution is -2.36. The molecule has 0 N–H and O–H groups in total. The van der Waals surface area contributed by atoms with Gasteiger partial charge in [0.1, 0.15) is 5.54 Å². The lowest BCUT2D eigenvalue weighted by atomic mass is 10.1. The quantitative estimate of drug-likeness (QED) is 0.581. The van der Waals surface area contributed by atoms with Gasteiger partial charge in [-0.15, -0.1) is 0 Å². The second kappa shape index (κ2) is 7.82. The minimum atomic E-state index is -5.52. The number of carbonyl (C=O) groups excluding carboxylic acids is 2. The molecule has 2 heterocycles. The second-order valence-corrected chi connectivity index (χ2v) is 10.7. The van der Waals surface area contributed by atoms with Crippen molar-refractivity contribution >= 4 is 27.5 Å². The molecule has 3 amide bonds. The van der Waals surface area contributed by atoms with Crippen LogP contribution in [0.15, 0.2) is 47.5 Å². The number of nitrogens with zero attached hydrogens (tertiary/aromatic N) is 3. The van der Waals surface area contributed by atoms with E-state index in [4.69, 9.17) is 0 Å². The van der Waals surface area contributed by atoms with Crippen LogP contribution in [0.1, 0.15) is 37.9 Å². The van der Waals surface area contributed by atoms with Gasteiger partial charge >= 0.3 is 11.5 Å². The van der Waals surface area contributed by atoms with E-state index >= 15 is 0 Å². The molecular formula is C22H22F3N3O4S. The average molecular weight is 481 g/mol. The van der Waals surface area contributed by atoms with Gasteiger partial charge in [0, 0.05) is 18.4 Å². The Morgan fingerprint density at radius 3 is 2.27 bits per heavy atom. The van der Waals surface area contributed by atoms with Gasteiger partial charge in [-0.2, -0.15) is 13.2 Å². The third-order valence-corrected chi connectivity index (χ3v) is 7.31. The number of hydrogen-bond acceptors (Lipinski definition) is 5. The zero-order chi connectivity index (χ0) is 24.2. The Kier molecular flexibility index (Phi) is 5.50. The summed E-state index contributed by atoms with van der Waals surface area (Å²) >= 11 is 0. The maximum absolute atomic E-state index is 13.2. The van der Waals surface area contributed by atoms with Crippen LogP contribution in [-0.2, 0) is 27.6 Å². The summed E-state index contributed by atoms with van der Waals surface area (Å²) in [5, 5.41) is 0. The smallest absolute Gasteiger partial charge is 0.305 e. The number of carbonyl (C=O) groups is 2. The van der Waals surface area contributed by atoms with Crippen LogP contribution in [0.3, 0.4) is 0 Å². The van der Waals surface area contributed by atoms with Crippen molar-refractivity contribution in [3.63, 3.8) is 0 Å². The molecule has 2 aliphatic rings. The Balaban J connectivity index is 1.60. The minimum absolute atomic E-state index is 0.0233. The molecule has 1 saturated carbocycles. The van der Waals surface area contributed by atoms with Crippen molar-refractivity contribution in [3.05, 3.63) is 53.9 Å². The largest absolute Gasteiger partial charge is 0.501 e. The van der Waals surface area contributed by atoms with E-state index in [1.165, 1.54) is 4.90 Å². The molecular weight excluding hydrogens is 459 g/mol. The summed E-state index contributed by atoms with van der Waals surface area (Å²) in [6.07, 6.45) is 3.40. The maximum Gasteiger partial charge on any atom is 0.501 e. The molecule has 0 radical (unpaired) electrons. The first kappa shape index (κ1) is 23.2. The highest BCUT2D eigenvalue weighted by Gasteiger charge is 2.65. The molecule has 1 aromatic heterocycles. The fourth-order valence-electron chi connectivity index (χ4n) is 4.01. The molecule has 33 heavy (non-hydrogen) atoms. The number of pyridine rings is 1. The number of amides is 3. The predicted octanol–water partition coefficient (Wildman–Crippen LogP) is 4.08. The second-order valence-electron chi connectivity index (χ2n) is 8.74. The summed E-state index contributed by atoms with van der Waals surface area (Å²) in [5.41, 5.74) is -4.70. The van der Waals surface area contributed by atoms with Gasteiger partial charge in [0.25, 0.3) is 15.7 Å². The van der Waals surface area contributed by atoms with E-state index in [9.17, 15) is 31.2 Å². The monoisotopic (exact) mass is 481 g/mol. The molecule has 1 saturated heterocycles. The summed E-state index contributed by atoms with van der Waals surface area (Å²) in [7, 11) is -5.52. The summed E-state index contributed by atoms with van der Waals surface area (Å²) in [6.45, 7) is 4.33. The molecule has 1 aliphatic carbocycles. The van der Waals surface area contributed by atoms with Crippen LogP contribution in [0.25, 0.3) is 0 Å². The summed E-state index contributed by atoms with van der Waals surface area (Å²) in [5.74, 6) is -0.0625. The van der Waals surface area contributed by atoms with Crippen molar-refractivity contribution in [2.45, 2.75) is 55.6 Å². The van der Waals surface area contributed by atoms with Crippen molar-refractivity contribution < 1.29 is 31.2 Å². The van der Waals surface area contributed by atoms with Crippen LogP contribution in [0.5, 0.6) is 0 Å². The first-order chi connectivity index (χ1) is 15.4. The number of benzene rings is 1. The van der Waals surface area contributed by atoms with Gasteiger partial charge in [-0.05, 0) is 67.1 Å². The molecule has 11 heteroatoms.